The molecule has 1 heterocycles. The minimum atomic E-state index is -0.0549. The number of fused-ring (bicyclic) bond motifs is 6. The molecule has 0 aromatic heterocycles. The molecule has 4 nitrogen and oxygen atoms in total. The Morgan fingerprint density at radius 2 is 0.727 bits per heavy atom. The molecule has 13 rings (SSSR count). The van der Waals surface area contributed by atoms with Crippen molar-refractivity contribution in [1.29, 1.82) is 10.5 Å². The summed E-state index contributed by atoms with van der Waals surface area (Å²) >= 11 is 0. The second-order valence-corrected chi connectivity index (χ2v) is 21.7. The standard InChI is InChI=1S/C73H54N4/c1-46-16-22-54(52-24-18-48(44-74)19-25-52)39-65(46)76-67-41-56(50-12-8-6-9-13-50)28-30-58(67)36-59-31-29-57(51-14-10-7-11-15-51)42-68(59)77(66-40-55(23-17-47(66)2)53-26-20-49(45-75)21-27-53)70-43-69(76)63-34-32-60-37-62(73(3,4)5)38-61-33-35-64(70)72(63)71(60)61/h6-35,37-43H,36H2,1-5H3. The first-order valence-electron chi connectivity index (χ1n) is 26.5. The summed E-state index contributed by atoms with van der Waals surface area (Å²) in [5.74, 6) is 0. The van der Waals surface area contributed by atoms with E-state index in [1.165, 1.54) is 38.2 Å². The molecule has 366 valence electrons. The van der Waals surface area contributed by atoms with Crippen LogP contribution in [0.25, 0.3) is 76.8 Å². The summed E-state index contributed by atoms with van der Waals surface area (Å²) in [6.45, 7) is 11.4. The van der Waals surface area contributed by atoms with Crippen LogP contribution < -0.4 is 9.80 Å². The van der Waals surface area contributed by atoms with Crippen molar-refractivity contribution in [2.75, 3.05) is 9.80 Å². The Morgan fingerprint density at radius 3 is 1.13 bits per heavy atom. The first kappa shape index (κ1) is 47.0. The molecule has 0 saturated heterocycles. The monoisotopic (exact) mass is 986 g/mol. The van der Waals surface area contributed by atoms with Crippen LogP contribution in [0.15, 0.2) is 224 Å². The van der Waals surface area contributed by atoms with Crippen LogP contribution in [-0.4, -0.2) is 0 Å². The van der Waals surface area contributed by atoms with Gasteiger partial charge in [-0.3, -0.25) is 0 Å². The fraction of sp³-hybridized carbons (Fsp3) is 0.0959. The van der Waals surface area contributed by atoms with E-state index < -0.39 is 0 Å². The number of hydrogen-bond donors (Lipinski definition) is 0. The molecule has 0 spiro atoms. The second kappa shape index (κ2) is 18.6. The Balaban J connectivity index is 1.20. The van der Waals surface area contributed by atoms with Gasteiger partial charge in [-0.2, -0.15) is 10.5 Å². The van der Waals surface area contributed by atoms with Gasteiger partial charge in [-0.1, -0.05) is 191 Å². The zero-order valence-corrected chi connectivity index (χ0v) is 43.9. The van der Waals surface area contributed by atoms with Gasteiger partial charge in [0.2, 0.25) is 0 Å². The van der Waals surface area contributed by atoms with E-state index in [1.54, 1.807) is 0 Å². The summed E-state index contributed by atoms with van der Waals surface area (Å²) in [6.07, 6.45) is 0.639. The molecule has 0 unspecified atom stereocenters. The highest BCUT2D eigenvalue weighted by atomic mass is 15.2. The molecule has 0 N–H and O–H groups in total. The van der Waals surface area contributed by atoms with E-state index in [2.05, 4.69) is 257 Å². The quantitative estimate of drug-likeness (QED) is 0.156. The lowest BCUT2D eigenvalue weighted by atomic mass is 9.83. The molecule has 0 radical (unpaired) electrons. The molecule has 0 amide bonds. The maximum atomic E-state index is 9.79. The Labute approximate surface area is 450 Å². The average molecular weight is 987 g/mol. The van der Waals surface area contributed by atoms with Crippen molar-refractivity contribution < 1.29 is 0 Å². The molecule has 12 aromatic rings. The van der Waals surface area contributed by atoms with Crippen LogP contribution in [0.2, 0.25) is 0 Å². The molecule has 2 bridgehead atoms. The summed E-state index contributed by atoms with van der Waals surface area (Å²) in [7, 11) is 0. The summed E-state index contributed by atoms with van der Waals surface area (Å²) in [4.78, 5) is 5.11. The average Bonchev–Trinajstić information content (AvgIpc) is 3.51. The van der Waals surface area contributed by atoms with Crippen LogP contribution in [0.1, 0.15) is 59.7 Å². The molecule has 0 fully saturated rings. The van der Waals surface area contributed by atoms with E-state index in [0.29, 0.717) is 17.5 Å². The van der Waals surface area contributed by atoms with E-state index in [9.17, 15) is 10.5 Å². The Bertz CT molecular complexity index is 4090. The molecule has 77 heavy (non-hydrogen) atoms. The maximum absolute atomic E-state index is 9.79. The van der Waals surface area contributed by atoms with E-state index in [0.717, 1.165) is 101 Å². The van der Waals surface area contributed by atoms with E-state index in [4.69, 9.17) is 0 Å². The molecule has 0 saturated carbocycles. The van der Waals surface area contributed by atoms with Gasteiger partial charge in [0.15, 0.2) is 0 Å². The van der Waals surface area contributed by atoms with Crippen LogP contribution in [0, 0.1) is 36.5 Å². The van der Waals surface area contributed by atoms with Crippen molar-refractivity contribution in [1.82, 2.24) is 0 Å². The lowest BCUT2D eigenvalue weighted by molar-refractivity contribution is 0.591. The largest absolute Gasteiger partial charge is 0.309 e. The van der Waals surface area contributed by atoms with Gasteiger partial charge in [-0.25, -0.2) is 0 Å². The van der Waals surface area contributed by atoms with Gasteiger partial charge >= 0.3 is 0 Å². The fourth-order valence-electron chi connectivity index (χ4n) is 11.7. The van der Waals surface area contributed by atoms with Gasteiger partial charge in [0, 0.05) is 34.0 Å². The van der Waals surface area contributed by atoms with Gasteiger partial charge in [0.25, 0.3) is 0 Å². The third-order valence-electron chi connectivity index (χ3n) is 15.9. The van der Waals surface area contributed by atoms with Crippen molar-refractivity contribution >= 4 is 66.4 Å². The topological polar surface area (TPSA) is 54.1 Å². The predicted octanol–water partition coefficient (Wildman–Crippen LogP) is 19.8. The Kier molecular flexibility index (Phi) is 11.3. The van der Waals surface area contributed by atoms with Crippen LogP contribution in [-0.2, 0) is 11.8 Å². The Morgan fingerprint density at radius 1 is 0.351 bits per heavy atom. The van der Waals surface area contributed by atoms with Crippen molar-refractivity contribution in [2.45, 2.75) is 46.5 Å². The van der Waals surface area contributed by atoms with Crippen LogP contribution in [0.5, 0.6) is 0 Å². The summed E-state index contributed by atoms with van der Waals surface area (Å²) < 4.78 is 0. The van der Waals surface area contributed by atoms with Gasteiger partial charge in [0.1, 0.15) is 0 Å². The highest BCUT2D eigenvalue weighted by molar-refractivity contribution is 6.29. The van der Waals surface area contributed by atoms with Crippen LogP contribution in [0.4, 0.5) is 34.1 Å². The smallest absolute Gasteiger partial charge is 0.0991 e. The Hall–Kier alpha value is -9.74. The summed E-state index contributed by atoms with van der Waals surface area (Å²) in [5.41, 5.74) is 22.4. The molecular weight excluding hydrogens is 933 g/mol. The lowest BCUT2D eigenvalue weighted by Crippen LogP contribution is -2.20. The highest BCUT2D eigenvalue weighted by Crippen LogP contribution is 2.54. The van der Waals surface area contributed by atoms with Gasteiger partial charge in [0.05, 0.1) is 46.0 Å². The first-order chi connectivity index (χ1) is 37.5. The maximum Gasteiger partial charge on any atom is 0.0991 e. The number of nitriles is 2. The van der Waals surface area contributed by atoms with Crippen molar-refractivity contribution in [2.24, 2.45) is 0 Å². The lowest BCUT2D eigenvalue weighted by Gasteiger charge is -2.37. The molecule has 1 aliphatic heterocycles. The number of nitrogens with zero attached hydrogens (tertiary/aromatic N) is 4. The molecule has 4 heteroatoms. The number of benzene rings is 12. The van der Waals surface area contributed by atoms with Crippen LogP contribution in [0.3, 0.4) is 0 Å². The first-order valence-corrected chi connectivity index (χ1v) is 26.5. The third kappa shape index (κ3) is 8.24. The van der Waals surface area contributed by atoms with Crippen LogP contribution >= 0.6 is 0 Å². The third-order valence-corrected chi connectivity index (χ3v) is 15.9. The second-order valence-electron chi connectivity index (χ2n) is 21.7. The number of anilines is 6. The van der Waals surface area contributed by atoms with Crippen molar-refractivity contribution in [3.05, 3.63) is 263 Å². The summed E-state index contributed by atoms with van der Waals surface area (Å²) in [5, 5.41) is 26.8. The number of aryl methyl sites for hydroxylation is 2. The minimum Gasteiger partial charge on any atom is -0.309 e. The van der Waals surface area contributed by atoms with E-state index in [-0.39, 0.29) is 5.41 Å². The zero-order valence-electron chi connectivity index (χ0n) is 43.9. The summed E-state index contributed by atoms with van der Waals surface area (Å²) in [6, 6.07) is 86.4. The number of hydrogen-bond acceptors (Lipinski definition) is 4. The molecule has 0 atom stereocenters. The van der Waals surface area contributed by atoms with E-state index in [1.807, 2.05) is 24.3 Å². The van der Waals surface area contributed by atoms with Gasteiger partial charge < -0.3 is 9.80 Å². The van der Waals surface area contributed by atoms with Gasteiger partial charge in [-0.15, -0.1) is 0 Å². The zero-order chi connectivity index (χ0) is 52.5. The highest BCUT2D eigenvalue weighted by Gasteiger charge is 2.31. The predicted molar refractivity (Wildman–Crippen MR) is 322 cm³/mol. The molecule has 1 aliphatic rings. The van der Waals surface area contributed by atoms with Crippen molar-refractivity contribution in [3.63, 3.8) is 0 Å². The molecule has 12 aromatic carbocycles. The SMILES string of the molecule is Cc1ccc(-c2ccc(C#N)cc2)cc1N1c2cc(-c3ccccc3)ccc2Cc2ccc(-c3ccccc3)cc2N(c2cc(-c3ccc(C#N)cc3)ccc2C)c2cc1c1ccc3cc(C(C)(C)C)cc4ccc2c1c34. The minimum absolute atomic E-state index is 0.0549. The van der Waals surface area contributed by atoms with E-state index >= 15 is 0 Å². The normalized spacial score (nSPS) is 12.4. The molecule has 0 aliphatic carbocycles. The fourth-order valence-corrected chi connectivity index (χ4v) is 11.7. The van der Waals surface area contributed by atoms with Crippen molar-refractivity contribution in [3.8, 4) is 56.6 Å². The number of rotatable bonds is 6. The molecular formula is C73H54N4. The van der Waals surface area contributed by atoms with Gasteiger partial charge in [-0.05, 0) is 162 Å².